The molecular weight excluding hydrogens is 854 g/mol. The molecule has 0 saturated heterocycles. The second kappa shape index (κ2) is 20.7. The molecule has 0 aliphatic carbocycles. The van der Waals surface area contributed by atoms with Gasteiger partial charge in [0.05, 0.1) is 0 Å². The summed E-state index contributed by atoms with van der Waals surface area (Å²) in [4.78, 5) is 1.42. The van der Waals surface area contributed by atoms with E-state index in [0.29, 0.717) is 5.56 Å². The first-order chi connectivity index (χ1) is 34.5. The molecule has 0 fully saturated rings. The van der Waals surface area contributed by atoms with Crippen LogP contribution in [0.1, 0.15) is 5.56 Å². The van der Waals surface area contributed by atoms with Crippen molar-refractivity contribution in [2.45, 2.75) is 0 Å². The smallest absolute Gasteiger partial charge is 0.127 e. The zero-order valence-electron chi connectivity index (χ0n) is 39.4. The summed E-state index contributed by atoms with van der Waals surface area (Å²) in [5.41, 5.74) is 1.63. The van der Waals surface area contributed by atoms with E-state index in [1.54, 1.807) is 0 Å². The van der Waals surface area contributed by atoms with E-state index in [4.69, 9.17) is 171 Å². The molecule has 0 saturated carbocycles. The van der Waals surface area contributed by atoms with E-state index in [2.05, 4.69) is 5.92 Å². The van der Waals surface area contributed by atoms with Crippen molar-refractivity contribution in [3.8, 4) is 45.7 Å². The molecule has 0 spiro atoms. The highest BCUT2D eigenvalue weighted by atomic mass is 15.1. The first-order valence-electron chi connectivity index (χ1n) is 22.0. The molecule has 0 aliphatic rings. The Kier molecular flexibility index (Phi) is 15.2. The Labute approximate surface area is 456 Å². The number of hydrogen-bond acceptors (Lipinski definition) is 1. The van der Waals surface area contributed by atoms with Crippen LogP contribution in [0, 0.1) is 12.3 Å². The van der Waals surface area contributed by atoms with E-state index in [9.17, 15) is 0 Å². The molecule has 0 aromatic heterocycles. The minimum atomic E-state index is -0.473. The Morgan fingerprint density at radius 3 is 1.25 bits per heavy atom. The second-order valence-electron chi connectivity index (χ2n) is 17.3. The maximum Gasteiger partial charge on any atom is 0.127 e. The van der Waals surface area contributed by atoms with Gasteiger partial charge in [-0.1, -0.05) is 150 Å². The topological polar surface area (TPSA) is 3.24 Å². The summed E-state index contributed by atoms with van der Waals surface area (Å²) in [6, 6.07) is 25.2. The van der Waals surface area contributed by atoms with Crippen LogP contribution in [0.15, 0.2) is 95.3 Å². The first kappa shape index (κ1) is 53.8. The van der Waals surface area contributed by atoms with Crippen molar-refractivity contribution in [3.05, 3.63) is 101 Å². The van der Waals surface area contributed by atoms with Gasteiger partial charge in [0.2, 0.25) is 0 Å². The number of fused-ring (bicyclic) bond motifs is 2. The van der Waals surface area contributed by atoms with E-state index < -0.39 is 6.54 Å². The van der Waals surface area contributed by atoms with Crippen molar-refractivity contribution in [2.75, 3.05) is 11.4 Å². The summed E-state index contributed by atoms with van der Waals surface area (Å²) in [5, 5.41) is 0.348. The van der Waals surface area contributed by atoms with Gasteiger partial charge < -0.3 is 4.90 Å². The van der Waals surface area contributed by atoms with Gasteiger partial charge in [0.15, 0.2) is 0 Å². The third kappa shape index (κ3) is 8.78. The maximum atomic E-state index is 7.17. The summed E-state index contributed by atoms with van der Waals surface area (Å²) < 4.78 is 0. The van der Waals surface area contributed by atoms with Crippen molar-refractivity contribution in [3.63, 3.8) is 0 Å². The van der Waals surface area contributed by atoms with E-state index >= 15 is 0 Å². The standard InChI is InChI=1S/C51H16B21N/c1-2-22(52)24(19-13-14-20(17-9-5-3-6-10-17)21(15-19)18-11-7-4-8-12-18)31(54)23(53)16-73(50-30-29(37(60)46(69)49(50)72)36(59)44(67)45(68)40(30)63)51-47(70)38(61)28(39(62)48(51)71)26-25-27(34(57)41(64)32(26)55)35(58)43(66)42(65)33(25)56/h1,3-15H,16H2/b24-22+,31-23-. The third-order valence-electron chi connectivity index (χ3n) is 13.3. The van der Waals surface area contributed by atoms with Crippen LogP contribution in [0.2, 0.25) is 0 Å². The van der Waals surface area contributed by atoms with Crippen molar-refractivity contribution in [1.82, 2.24) is 0 Å². The largest absolute Gasteiger partial charge is 0.339 e. The van der Waals surface area contributed by atoms with Gasteiger partial charge in [-0.15, -0.1) is 44.7 Å². The predicted octanol–water partition coefficient (Wildman–Crippen LogP) is -9.82. The monoisotopic (exact) mass is 873 g/mol. The van der Waals surface area contributed by atoms with Gasteiger partial charge in [-0.05, 0) is 77.6 Å². The maximum absolute atomic E-state index is 7.17. The molecule has 42 radical (unpaired) electrons. The SMILES string of the molecule is [B]/C(CN(c1c([B])c([B])c(-c2c([B])c([B])c([B])c3c([B])c([B])c([B])c([B])c23)c([B])c1[B])c1c([B])c([B])c([B])c2c([B])c([B])c([B])c([B])c12)=C([B])/C(=C(/[B])C#C)c1ccc(-c2ccccc2)c(-c2ccccc2)c1. The molecule has 8 aromatic carbocycles. The lowest BCUT2D eigenvalue weighted by atomic mass is 9.56. The van der Waals surface area contributed by atoms with Crippen LogP contribution in [-0.4, -0.2) is 171 Å². The van der Waals surface area contributed by atoms with Crippen LogP contribution in [0.4, 0.5) is 11.4 Å². The fourth-order valence-corrected chi connectivity index (χ4v) is 9.37. The number of terminal acetylenes is 1. The average molecular weight is 870 g/mol. The van der Waals surface area contributed by atoms with Crippen LogP contribution in [0.3, 0.4) is 0 Å². The highest BCUT2D eigenvalue weighted by Crippen LogP contribution is 2.37. The fourth-order valence-electron chi connectivity index (χ4n) is 9.37. The summed E-state index contributed by atoms with van der Waals surface area (Å²) >= 11 is 0. The van der Waals surface area contributed by atoms with Crippen molar-refractivity contribution in [2.24, 2.45) is 0 Å². The average Bonchev–Trinajstić information content (AvgIpc) is 3.39. The summed E-state index contributed by atoms with van der Waals surface area (Å²) in [5.74, 6) is 2.52. The van der Waals surface area contributed by atoms with Gasteiger partial charge in [-0.3, -0.25) is 0 Å². The number of hydrogen-bond donors (Lipinski definition) is 0. The Morgan fingerprint density at radius 1 is 0.384 bits per heavy atom. The first-order valence-corrected chi connectivity index (χ1v) is 22.0. The lowest BCUT2D eigenvalue weighted by Gasteiger charge is -2.38. The van der Waals surface area contributed by atoms with Gasteiger partial charge in [0, 0.05) is 17.9 Å². The van der Waals surface area contributed by atoms with Crippen LogP contribution in [0.25, 0.3) is 60.5 Å². The number of allylic oxidation sites excluding steroid dienone is 3. The van der Waals surface area contributed by atoms with Gasteiger partial charge in [0.25, 0.3) is 0 Å². The molecule has 0 amide bonds. The molecule has 0 unspecified atom stereocenters. The normalized spacial score (nSPS) is 12.1. The van der Waals surface area contributed by atoms with Gasteiger partial charge in [-0.2, -0.15) is 0 Å². The Balaban J connectivity index is 1.46. The highest BCUT2D eigenvalue weighted by molar-refractivity contribution is 6.75. The van der Waals surface area contributed by atoms with Crippen molar-refractivity contribution >= 4 is 302 Å². The predicted molar refractivity (Wildman–Crippen MR) is 335 cm³/mol. The Hall–Kier alpha value is -5.52. The van der Waals surface area contributed by atoms with E-state index in [1.807, 2.05) is 78.9 Å². The molecule has 0 bridgehead atoms. The van der Waals surface area contributed by atoms with Crippen LogP contribution in [-0.2, 0) is 0 Å². The number of anilines is 2. The molecule has 0 aliphatic heterocycles. The number of benzene rings is 8. The molecule has 73 heavy (non-hydrogen) atoms. The van der Waals surface area contributed by atoms with Crippen LogP contribution in [0.5, 0.6) is 0 Å². The molecule has 288 valence electrons. The molecule has 8 aromatic rings. The van der Waals surface area contributed by atoms with E-state index in [1.165, 1.54) is 4.90 Å². The summed E-state index contributed by atoms with van der Waals surface area (Å²) in [7, 11) is 142. The summed E-state index contributed by atoms with van der Waals surface area (Å²) in [6.45, 7) is -0.473. The van der Waals surface area contributed by atoms with Gasteiger partial charge in [0.1, 0.15) is 165 Å². The highest BCUT2D eigenvalue weighted by Gasteiger charge is 2.28. The van der Waals surface area contributed by atoms with Crippen molar-refractivity contribution in [1.29, 1.82) is 0 Å². The van der Waals surface area contributed by atoms with Gasteiger partial charge in [-0.25, -0.2) is 0 Å². The zero-order chi connectivity index (χ0) is 53.4. The molecule has 0 atom stereocenters. The minimum Gasteiger partial charge on any atom is -0.339 e. The second-order valence-corrected chi connectivity index (χ2v) is 17.3. The lowest BCUT2D eigenvalue weighted by molar-refractivity contribution is 1.11. The van der Waals surface area contributed by atoms with E-state index in [0.717, 1.165) is 22.3 Å². The van der Waals surface area contributed by atoms with Crippen LogP contribution < -0.4 is 103 Å². The van der Waals surface area contributed by atoms with Crippen LogP contribution >= 0.6 is 0 Å². The molecule has 22 heteroatoms. The summed E-state index contributed by atoms with van der Waals surface area (Å²) in [6.07, 6.45) is 6.04. The van der Waals surface area contributed by atoms with Gasteiger partial charge >= 0.3 is 0 Å². The number of nitrogens with zero attached hydrogens (tertiary/aromatic N) is 1. The third-order valence-corrected chi connectivity index (χ3v) is 13.3. The molecule has 0 N–H and O–H groups in total. The Bertz CT molecular complexity index is 3740. The fraction of sp³-hybridized carbons (Fsp3) is 0.0196. The molecular formula is C51H16B21N. The molecule has 8 rings (SSSR count). The lowest BCUT2D eigenvalue weighted by Crippen LogP contribution is -2.55. The number of rotatable bonds is 9. The van der Waals surface area contributed by atoms with E-state index in [-0.39, 0.29) is 164 Å². The Morgan fingerprint density at radius 2 is 0.767 bits per heavy atom. The zero-order valence-corrected chi connectivity index (χ0v) is 39.4. The quantitative estimate of drug-likeness (QED) is 0.0794. The minimum absolute atomic E-state index is 0.0300. The molecule has 1 nitrogen and oxygen atoms in total. The molecule has 0 heterocycles. The van der Waals surface area contributed by atoms with Crippen molar-refractivity contribution < 1.29 is 0 Å².